The zero-order chi connectivity index (χ0) is 17.4. The Labute approximate surface area is 142 Å². The van der Waals surface area contributed by atoms with Crippen LogP contribution in [-0.2, 0) is 28.6 Å². The minimum absolute atomic E-state index is 0.120. The molecule has 1 heterocycles. The summed E-state index contributed by atoms with van der Waals surface area (Å²) in [5, 5.41) is 7.43. The third-order valence-electron chi connectivity index (χ3n) is 2.58. The molecule has 0 aliphatic carbocycles. The van der Waals surface area contributed by atoms with Gasteiger partial charge in [0.15, 0.2) is 5.57 Å². The summed E-state index contributed by atoms with van der Waals surface area (Å²) < 4.78 is 15.0. The van der Waals surface area contributed by atoms with Crippen molar-refractivity contribution < 1.29 is 28.6 Å². The van der Waals surface area contributed by atoms with Gasteiger partial charge in [0.05, 0.1) is 24.1 Å². The van der Waals surface area contributed by atoms with Crippen LogP contribution < -0.4 is 0 Å². The number of esters is 3. The van der Waals surface area contributed by atoms with Crippen molar-refractivity contribution in [1.82, 2.24) is 0 Å². The first kappa shape index (κ1) is 19.4. The maximum Gasteiger partial charge on any atom is 0.350 e. The molecule has 0 bridgehead atoms. The number of carbonyl (C=O) groups excluding carboxylic acids is 3. The Morgan fingerprint density at radius 2 is 1.39 bits per heavy atom. The summed E-state index contributed by atoms with van der Waals surface area (Å²) in [7, 11) is 0. The van der Waals surface area contributed by atoms with Crippen LogP contribution in [0.5, 0.6) is 0 Å². The molecule has 0 aromatic rings. The topological polar surface area (TPSA) is 103 Å². The van der Waals surface area contributed by atoms with Gasteiger partial charge in [0, 0.05) is 0 Å². The fourth-order valence-electron chi connectivity index (χ4n) is 1.67. The van der Waals surface area contributed by atoms with Gasteiger partial charge in [-0.3, -0.25) is 9.59 Å². The van der Waals surface area contributed by atoms with E-state index in [0.717, 1.165) is 23.5 Å². The Balaban J connectivity index is 3.11. The average molecular weight is 359 g/mol. The molecule has 0 amide bonds. The first-order valence-corrected chi connectivity index (χ1v) is 8.74. The lowest BCUT2D eigenvalue weighted by atomic mass is 10.3. The summed E-state index contributed by atoms with van der Waals surface area (Å²) in [5.74, 6) is -1.95. The summed E-state index contributed by atoms with van der Waals surface area (Å²) in [4.78, 5) is 35.9. The van der Waals surface area contributed by atoms with Crippen LogP contribution in [0.1, 0.15) is 20.8 Å². The summed E-state index contributed by atoms with van der Waals surface area (Å²) in [6.07, 6.45) is 0. The normalized spacial score (nSPS) is 19.7. The third kappa shape index (κ3) is 4.91. The highest BCUT2D eigenvalue weighted by atomic mass is 32.2. The number of ether oxygens (including phenoxy) is 3. The predicted octanol–water partition coefficient (Wildman–Crippen LogP) is 1.63. The van der Waals surface area contributed by atoms with Crippen molar-refractivity contribution in [3.63, 3.8) is 0 Å². The Morgan fingerprint density at radius 3 is 1.74 bits per heavy atom. The number of carbonyl (C=O) groups is 3. The zero-order valence-corrected chi connectivity index (χ0v) is 14.6. The lowest BCUT2D eigenvalue weighted by molar-refractivity contribution is -0.148. The van der Waals surface area contributed by atoms with Crippen molar-refractivity contribution in [3.8, 4) is 6.07 Å². The number of hydrogen-bond acceptors (Lipinski definition) is 9. The van der Waals surface area contributed by atoms with Gasteiger partial charge in [0.2, 0.25) is 0 Å². The Kier molecular flexibility index (Phi) is 7.98. The van der Waals surface area contributed by atoms with Crippen molar-refractivity contribution in [2.45, 2.75) is 31.3 Å². The molecule has 0 aromatic carbocycles. The van der Waals surface area contributed by atoms with E-state index in [2.05, 4.69) is 0 Å². The second kappa shape index (κ2) is 9.47. The minimum Gasteiger partial charge on any atom is -0.465 e. The summed E-state index contributed by atoms with van der Waals surface area (Å²) in [6.45, 7) is 5.38. The summed E-state index contributed by atoms with van der Waals surface area (Å²) in [5.41, 5.74) is -0.219. The molecule has 126 valence electrons. The van der Waals surface area contributed by atoms with Gasteiger partial charge in [-0.25, -0.2) is 4.79 Å². The molecular weight excluding hydrogens is 342 g/mol. The maximum atomic E-state index is 12.0. The number of thioether (sulfide) groups is 2. The number of rotatable bonds is 6. The standard InChI is InChI=1S/C14H17NO6S2/c1-4-19-11(16)8(7-15)14-22-9(12(17)20-5-2)10(23-14)13(18)21-6-3/h9-10H,4-6H2,1-3H3/t9-,10-/m1/s1. The molecule has 0 unspecified atom stereocenters. The van der Waals surface area contributed by atoms with Gasteiger partial charge in [-0.1, -0.05) is 0 Å². The fourth-order valence-corrected chi connectivity index (χ4v) is 4.60. The third-order valence-corrected chi connectivity index (χ3v) is 5.60. The molecule has 9 heteroatoms. The predicted molar refractivity (Wildman–Crippen MR) is 85.3 cm³/mol. The molecule has 1 fully saturated rings. The SMILES string of the molecule is CCOC(=O)C(C#N)=C1S[C@@H](C(=O)OCC)[C@H](C(=O)OCC)S1. The second-order valence-corrected chi connectivity index (χ2v) is 6.64. The van der Waals surface area contributed by atoms with E-state index in [1.165, 1.54) is 0 Å². The molecule has 0 spiro atoms. The van der Waals surface area contributed by atoms with Crippen LogP contribution in [-0.4, -0.2) is 48.2 Å². The number of nitriles is 1. The smallest absolute Gasteiger partial charge is 0.350 e. The summed E-state index contributed by atoms with van der Waals surface area (Å²) in [6, 6.07) is 1.77. The van der Waals surface area contributed by atoms with Crippen LogP contribution in [0.3, 0.4) is 0 Å². The lowest BCUT2D eigenvalue weighted by Crippen LogP contribution is -2.34. The molecule has 0 N–H and O–H groups in total. The highest BCUT2D eigenvalue weighted by Crippen LogP contribution is 2.49. The molecule has 1 aliphatic rings. The molecule has 1 saturated heterocycles. The van der Waals surface area contributed by atoms with Crippen molar-refractivity contribution in [2.24, 2.45) is 0 Å². The van der Waals surface area contributed by atoms with E-state index in [1.807, 2.05) is 0 Å². The van der Waals surface area contributed by atoms with Crippen molar-refractivity contribution in [3.05, 3.63) is 9.81 Å². The zero-order valence-electron chi connectivity index (χ0n) is 13.0. The van der Waals surface area contributed by atoms with Gasteiger partial charge in [0.25, 0.3) is 0 Å². The molecule has 0 radical (unpaired) electrons. The van der Waals surface area contributed by atoms with Crippen molar-refractivity contribution in [1.29, 1.82) is 5.26 Å². The highest BCUT2D eigenvalue weighted by Gasteiger charge is 2.45. The van der Waals surface area contributed by atoms with E-state index in [0.29, 0.717) is 0 Å². The first-order valence-electron chi connectivity index (χ1n) is 6.98. The van der Waals surface area contributed by atoms with Gasteiger partial charge in [0.1, 0.15) is 16.6 Å². The fraction of sp³-hybridized carbons (Fsp3) is 0.571. The first-order chi connectivity index (χ1) is 11.0. The molecule has 1 aliphatic heterocycles. The molecule has 0 aromatic heterocycles. The van der Waals surface area contributed by atoms with Crippen LogP contribution in [0.15, 0.2) is 9.81 Å². The highest BCUT2D eigenvalue weighted by molar-refractivity contribution is 8.26. The van der Waals surface area contributed by atoms with Gasteiger partial charge < -0.3 is 14.2 Å². The molecule has 23 heavy (non-hydrogen) atoms. The summed E-state index contributed by atoms with van der Waals surface area (Å²) >= 11 is 1.90. The van der Waals surface area contributed by atoms with E-state index in [1.54, 1.807) is 26.8 Å². The maximum absolute atomic E-state index is 12.0. The van der Waals surface area contributed by atoms with E-state index in [4.69, 9.17) is 14.2 Å². The Hall–Kier alpha value is -1.66. The Morgan fingerprint density at radius 1 is 0.957 bits per heavy atom. The van der Waals surface area contributed by atoms with Crippen molar-refractivity contribution in [2.75, 3.05) is 19.8 Å². The van der Waals surface area contributed by atoms with E-state index in [9.17, 15) is 19.6 Å². The van der Waals surface area contributed by atoms with Crippen LogP contribution in [0, 0.1) is 11.3 Å². The minimum atomic E-state index is -0.869. The van der Waals surface area contributed by atoms with E-state index >= 15 is 0 Å². The van der Waals surface area contributed by atoms with Crippen LogP contribution in [0.2, 0.25) is 0 Å². The number of nitrogens with zero attached hydrogens (tertiary/aromatic N) is 1. The number of hydrogen-bond donors (Lipinski definition) is 0. The molecule has 1 rings (SSSR count). The average Bonchev–Trinajstić information content (AvgIpc) is 2.94. The second-order valence-electron chi connectivity index (χ2n) is 4.08. The van der Waals surface area contributed by atoms with Crippen LogP contribution >= 0.6 is 23.5 Å². The quantitative estimate of drug-likeness (QED) is 0.303. The molecular formula is C14H17NO6S2. The molecule has 7 nitrogen and oxygen atoms in total. The van der Waals surface area contributed by atoms with Crippen molar-refractivity contribution >= 4 is 41.4 Å². The van der Waals surface area contributed by atoms with Crippen LogP contribution in [0.4, 0.5) is 0 Å². The van der Waals surface area contributed by atoms with Crippen LogP contribution in [0.25, 0.3) is 0 Å². The Bertz CT molecular complexity index is 526. The largest absolute Gasteiger partial charge is 0.465 e. The molecule has 0 saturated carbocycles. The molecule has 2 atom stereocenters. The van der Waals surface area contributed by atoms with E-state index < -0.39 is 28.4 Å². The van der Waals surface area contributed by atoms with Gasteiger partial charge in [-0.2, -0.15) is 5.26 Å². The van der Waals surface area contributed by atoms with Gasteiger partial charge >= 0.3 is 17.9 Å². The monoisotopic (exact) mass is 359 g/mol. The van der Waals surface area contributed by atoms with E-state index in [-0.39, 0.29) is 29.6 Å². The lowest BCUT2D eigenvalue weighted by Gasteiger charge is -2.14. The van der Waals surface area contributed by atoms with Gasteiger partial charge in [-0.15, -0.1) is 23.5 Å². The van der Waals surface area contributed by atoms with Gasteiger partial charge in [-0.05, 0) is 20.8 Å².